The lowest BCUT2D eigenvalue weighted by Gasteiger charge is -2.24. The number of alkyl halides is 3. The molecule has 2 amide bonds. The van der Waals surface area contributed by atoms with Gasteiger partial charge >= 0.3 is 6.18 Å². The van der Waals surface area contributed by atoms with Gasteiger partial charge in [-0.1, -0.05) is 6.07 Å². The van der Waals surface area contributed by atoms with Crippen LogP contribution in [0.5, 0.6) is 0 Å². The van der Waals surface area contributed by atoms with E-state index in [-0.39, 0.29) is 24.2 Å². The topological polar surface area (TPSA) is 61.4 Å². The maximum atomic E-state index is 12.7. The van der Waals surface area contributed by atoms with E-state index >= 15 is 0 Å². The zero-order valence-electron chi connectivity index (χ0n) is 14.1. The molecule has 0 aliphatic heterocycles. The minimum atomic E-state index is -4.47. The molecule has 8 heteroatoms. The molecule has 0 fully saturated rings. The van der Waals surface area contributed by atoms with Gasteiger partial charge in [-0.05, 0) is 46.0 Å². The van der Waals surface area contributed by atoms with Crippen LogP contribution in [0.3, 0.4) is 0 Å². The van der Waals surface area contributed by atoms with Crippen molar-refractivity contribution in [2.24, 2.45) is 0 Å². The summed E-state index contributed by atoms with van der Waals surface area (Å²) in [4.78, 5) is 25.4. The molecule has 1 aromatic carbocycles. The third-order valence-corrected chi connectivity index (χ3v) is 3.34. The lowest BCUT2D eigenvalue weighted by molar-refractivity contribution is -0.137. The fraction of sp³-hybridized carbons (Fsp3) is 0.500. The molecule has 1 atom stereocenters. The second-order valence-corrected chi connectivity index (χ2v) is 5.88. The van der Waals surface area contributed by atoms with Crippen LogP contribution in [0, 0.1) is 0 Å². The summed E-state index contributed by atoms with van der Waals surface area (Å²) in [6.07, 6.45) is -4.47. The van der Waals surface area contributed by atoms with Crippen molar-refractivity contribution < 1.29 is 22.8 Å². The maximum Gasteiger partial charge on any atom is 0.416 e. The number of carbonyl (C=O) groups is 2. The predicted octanol–water partition coefficient (Wildman–Crippen LogP) is 2.49. The Labute approximate surface area is 139 Å². The molecule has 0 aromatic heterocycles. The summed E-state index contributed by atoms with van der Waals surface area (Å²) in [6, 6.07) is 3.71. The van der Waals surface area contributed by atoms with E-state index in [1.54, 1.807) is 14.0 Å². The fourth-order valence-electron chi connectivity index (χ4n) is 1.95. The summed E-state index contributed by atoms with van der Waals surface area (Å²) < 4.78 is 38.0. The molecular weight excluding hydrogens is 323 g/mol. The van der Waals surface area contributed by atoms with Crippen LogP contribution in [0.15, 0.2) is 24.3 Å². The molecule has 0 heterocycles. The van der Waals surface area contributed by atoms with E-state index in [1.165, 1.54) is 17.0 Å². The van der Waals surface area contributed by atoms with Crippen LogP contribution >= 0.6 is 0 Å². The van der Waals surface area contributed by atoms with Crippen molar-refractivity contribution in [2.45, 2.75) is 39.0 Å². The summed E-state index contributed by atoms with van der Waals surface area (Å²) in [5.74, 6) is -0.722. The minimum Gasteiger partial charge on any atom is -0.353 e. The van der Waals surface area contributed by atoms with Crippen LogP contribution in [0.1, 0.15) is 26.3 Å². The largest absolute Gasteiger partial charge is 0.416 e. The first kappa shape index (κ1) is 20.0. The van der Waals surface area contributed by atoms with Gasteiger partial charge in [0.25, 0.3) is 0 Å². The van der Waals surface area contributed by atoms with Gasteiger partial charge in [-0.15, -0.1) is 0 Å². The van der Waals surface area contributed by atoms with E-state index in [4.69, 9.17) is 0 Å². The van der Waals surface area contributed by atoms with Crippen LogP contribution in [0.2, 0.25) is 0 Å². The summed E-state index contributed by atoms with van der Waals surface area (Å²) in [5, 5.41) is 5.14. The van der Waals surface area contributed by atoms with Crippen LogP contribution in [-0.2, 0) is 15.8 Å². The summed E-state index contributed by atoms with van der Waals surface area (Å²) >= 11 is 0. The first-order valence-corrected chi connectivity index (χ1v) is 7.48. The van der Waals surface area contributed by atoms with Crippen molar-refractivity contribution in [1.29, 1.82) is 0 Å². The highest BCUT2D eigenvalue weighted by molar-refractivity contribution is 5.95. The molecule has 2 N–H and O–H groups in total. The van der Waals surface area contributed by atoms with E-state index in [0.717, 1.165) is 12.1 Å². The Morgan fingerprint density at radius 3 is 2.38 bits per heavy atom. The zero-order valence-corrected chi connectivity index (χ0v) is 14.1. The number of anilines is 1. The molecular formula is C16H22F3N3O2. The third kappa shape index (κ3) is 6.19. The van der Waals surface area contributed by atoms with E-state index in [2.05, 4.69) is 10.6 Å². The maximum absolute atomic E-state index is 12.7. The fourth-order valence-corrected chi connectivity index (χ4v) is 1.95. The van der Waals surface area contributed by atoms with Gasteiger partial charge in [0.15, 0.2) is 0 Å². The molecule has 0 aliphatic rings. The molecule has 5 nitrogen and oxygen atoms in total. The normalized spacial score (nSPS) is 13.0. The third-order valence-electron chi connectivity index (χ3n) is 3.34. The number of hydrogen-bond donors (Lipinski definition) is 2. The Kier molecular flexibility index (Phi) is 6.77. The smallest absolute Gasteiger partial charge is 0.353 e. The first-order valence-electron chi connectivity index (χ1n) is 7.48. The van der Waals surface area contributed by atoms with E-state index in [1.807, 2.05) is 13.8 Å². The Hall–Kier alpha value is -2.09. The van der Waals surface area contributed by atoms with E-state index < -0.39 is 23.7 Å². The molecule has 1 aromatic rings. The van der Waals surface area contributed by atoms with Gasteiger partial charge in [0.05, 0.1) is 18.2 Å². The van der Waals surface area contributed by atoms with Crippen molar-refractivity contribution in [1.82, 2.24) is 10.2 Å². The standard InChI is InChI=1S/C16H22F3N3O2/c1-10(2)20-14(23)9-22(4)11(3)15(24)21-13-7-5-6-12(8-13)16(17,18)19/h5-8,10-11H,9H2,1-4H3,(H,20,23)(H,21,24)/t11-/m0/s1. The Morgan fingerprint density at radius 1 is 1.21 bits per heavy atom. The van der Waals surface area contributed by atoms with Gasteiger partial charge in [-0.25, -0.2) is 0 Å². The molecule has 0 spiro atoms. The Balaban J connectivity index is 2.68. The number of nitrogens with one attached hydrogen (secondary N) is 2. The highest BCUT2D eigenvalue weighted by atomic mass is 19.4. The quantitative estimate of drug-likeness (QED) is 0.833. The van der Waals surface area contributed by atoms with E-state index in [0.29, 0.717) is 0 Å². The zero-order chi connectivity index (χ0) is 18.5. The summed E-state index contributed by atoms with van der Waals surface area (Å²) in [5.41, 5.74) is -0.778. The molecule has 0 aliphatic carbocycles. The number of rotatable bonds is 6. The minimum absolute atomic E-state index is 0.00928. The van der Waals surface area contributed by atoms with Crippen LogP contribution in [0.25, 0.3) is 0 Å². The second-order valence-electron chi connectivity index (χ2n) is 5.88. The number of likely N-dealkylation sites (N-methyl/N-ethyl adjacent to an activating group) is 1. The highest BCUT2D eigenvalue weighted by Crippen LogP contribution is 2.30. The number of nitrogens with zero attached hydrogens (tertiary/aromatic N) is 1. The molecule has 0 saturated heterocycles. The molecule has 0 saturated carbocycles. The predicted molar refractivity (Wildman–Crippen MR) is 85.4 cm³/mol. The molecule has 0 radical (unpaired) electrons. The van der Waals surface area contributed by atoms with Crippen molar-refractivity contribution in [3.8, 4) is 0 Å². The lowest BCUT2D eigenvalue weighted by atomic mass is 10.2. The summed E-state index contributed by atoms with van der Waals surface area (Å²) in [7, 11) is 1.59. The Bertz CT molecular complexity index is 588. The Morgan fingerprint density at radius 2 is 1.83 bits per heavy atom. The highest BCUT2D eigenvalue weighted by Gasteiger charge is 2.30. The first-order chi connectivity index (χ1) is 11.0. The lowest BCUT2D eigenvalue weighted by Crippen LogP contribution is -2.46. The molecule has 1 rings (SSSR count). The van der Waals surface area contributed by atoms with E-state index in [9.17, 15) is 22.8 Å². The van der Waals surface area contributed by atoms with Gasteiger partial charge < -0.3 is 10.6 Å². The number of carbonyl (C=O) groups excluding carboxylic acids is 2. The number of hydrogen-bond acceptors (Lipinski definition) is 3. The monoisotopic (exact) mass is 345 g/mol. The van der Waals surface area contributed by atoms with Gasteiger partial charge in [-0.3, -0.25) is 14.5 Å². The van der Waals surface area contributed by atoms with Crippen LogP contribution in [0.4, 0.5) is 18.9 Å². The van der Waals surface area contributed by atoms with Gasteiger partial charge in [0, 0.05) is 11.7 Å². The molecule has 134 valence electrons. The van der Waals surface area contributed by atoms with Crippen molar-refractivity contribution in [2.75, 3.05) is 18.9 Å². The SMILES string of the molecule is CC(C)NC(=O)CN(C)[C@@H](C)C(=O)Nc1cccc(C(F)(F)F)c1. The van der Waals surface area contributed by atoms with Crippen LogP contribution < -0.4 is 10.6 Å². The van der Waals surface area contributed by atoms with Crippen LogP contribution in [-0.4, -0.2) is 42.4 Å². The van der Waals surface area contributed by atoms with Crippen molar-refractivity contribution in [3.05, 3.63) is 29.8 Å². The second kappa shape index (κ2) is 8.14. The number of halogens is 3. The van der Waals surface area contributed by atoms with Crippen molar-refractivity contribution >= 4 is 17.5 Å². The number of amides is 2. The van der Waals surface area contributed by atoms with Gasteiger partial charge in [0.1, 0.15) is 0 Å². The average Bonchev–Trinajstić information content (AvgIpc) is 2.44. The van der Waals surface area contributed by atoms with Gasteiger partial charge in [-0.2, -0.15) is 13.2 Å². The molecule has 0 bridgehead atoms. The summed E-state index contributed by atoms with van der Waals surface area (Å²) in [6.45, 7) is 5.23. The van der Waals surface area contributed by atoms with Gasteiger partial charge in [0.2, 0.25) is 11.8 Å². The molecule has 0 unspecified atom stereocenters. The number of benzene rings is 1. The average molecular weight is 345 g/mol. The molecule has 24 heavy (non-hydrogen) atoms. The van der Waals surface area contributed by atoms with Crippen molar-refractivity contribution in [3.63, 3.8) is 0 Å².